The number of imide groups is 1. The average Bonchev–Trinajstić information content (AvgIpc) is 3.19. The van der Waals surface area contributed by atoms with Crippen LogP contribution in [-0.2, 0) is 20.7 Å². The third kappa shape index (κ3) is 6.27. The maximum absolute atomic E-state index is 13.2. The molecule has 2 heterocycles. The number of benzene rings is 2. The molecule has 0 bridgehead atoms. The summed E-state index contributed by atoms with van der Waals surface area (Å²) in [6, 6.07) is 13.7. The number of aromatic nitrogens is 1. The van der Waals surface area contributed by atoms with Crippen molar-refractivity contribution in [2.75, 3.05) is 13.2 Å². The summed E-state index contributed by atoms with van der Waals surface area (Å²) >= 11 is 5.95. The Kier molecular flexibility index (Phi) is 8.76. The van der Waals surface area contributed by atoms with Crippen molar-refractivity contribution >= 4 is 46.2 Å². The quantitative estimate of drug-likeness (QED) is 0.169. The highest BCUT2D eigenvalue weighted by atomic mass is 35.5. The third-order valence-corrected chi connectivity index (χ3v) is 6.64. The van der Waals surface area contributed by atoms with Gasteiger partial charge in [-0.2, -0.15) is 0 Å². The molecule has 10 heteroatoms. The zero-order valence-electron chi connectivity index (χ0n) is 21.6. The van der Waals surface area contributed by atoms with Crippen molar-refractivity contribution in [3.63, 3.8) is 0 Å². The molecule has 1 aliphatic rings. The molecule has 204 valence electrons. The lowest BCUT2D eigenvalue weighted by Crippen LogP contribution is -2.44. The maximum Gasteiger partial charge on any atom is 0.329 e. The van der Waals surface area contributed by atoms with Crippen LogP contribution in [0.5, 0.6) is 0 Å². The Hall–Kier alpha value is -4.76. The van der Waals surface area contributed by atoms with Crippen molar-refractivity contribution in [2.24, 2.45) is 0 Å². The van der Waals surface area contributed by atoms with Gasteiger partial charge in [-0.3, -0.25) is 24.1 Å². The number of esters is 1. The van der Waals surface area contributed by atoms with Gasteiger partial charge in [-0.05, 0) is 42.8 Å². The van der Waals surface area contributed by atoms with Gasteiger partial charge in [0.25, 0.3) is 17.7 Å². The molecule has 1 aromatic heterocycles. The lowest BCUT2D eigenvalue weighted by Gasteiger charge is -2.20. The molecule has 9 nitrogen and oxygen atoms in total. The van der Waals surface area contributed by atoms with Crippen molar-refractivity contribution in [1.82, 2.24) is 15.2 Å². The second kappa shape index (κ2) is 12.4. The summed E-state index contributed by atoms with van der Waals surface area (Å²) in [5, 5.41) is 3.70. The zero-order chi connectivity index (χ0) is 28.8. The van der Waals surface area contributed by atoms with Crippen LogP contribution < -0.4 is 10.9 Å². The van der Waals surface area contributed by atoms with Crippen LogP contribution in [0.1, 0.15) is 33.2 Å². The molecule has 0 saturated carbocycles. The molecule has 0 fully saturated rings. The summed E-state index contributed by atoms with van der Waals surface area (Å²) in [7, 11) is 0. The number of carbonyl (C=O) groups excluding carboxylic acids is 4. The fourth-order valence-corrected chi connectivity index (χ4v) is 4.31. The molecular formula is C30H26ClN3O6. The van der Waals surface area contributed by atoms with Gasteiger partial charge in [-0.25, -0.2) is 4.79 Å². The second-order valence-corrected chi connectivity index (χ2v) is 9.38. The highest BCUT2D eigenvalue weighted by Crippen LogP contribution is 2.22. The van der Waals surface area contributed by atoms with E-state index in [-0.39, 0.29) is 41.8 Å². The van der Waals surface area contributed by atoms with Crippen molar-refractivity contribution in [3.8, 4) is 0 Å². The molecule has 0 spiro atoms. The van der Waals surface area contributed by atoms with E-state index in [0.29, 0.717) is 21.5 Å². The Morgan fingerprint density at radius 1 is 1.05 bits per heavy atom. The summed E-state index contributed by atoms with van der Waals surface area (Å²) in [5.41, 5.74) is 1.33. The average molecular weight is 560 g/mol. The molecule has 0 radical (unpaired) electrons. The molecule has 3 amide bonds. The van der Waals surface area contributed by atoms with Gasteiger partial charge in [0.15, 0.2) is 0 Å². The number of pyridine rings is 1. The minimum atomic E-state index is -1.21. The molecule has 4 rings (SSSR count). The van der Waals surface area contributed by atoms with Crippen LogP contribution in [0, 0.1) is 0 Å². The molecule has 0 saturated heterocycles. The largest absolute Gasteiger partial charge is 0.462 e. The van der Waals surface area contributed by atoms with E-state index < -0.39 is 29.7 Å². The first-order chi connectivity index (χ1) is 19.2. The maximum atomic E-state index is 13.2. The van der Waals surface area contributed by atoms with E-state index in [4.69, 9.17) is 16.3 Å². The number of ether oxygens (including phenoxy) is 1. The molecule has 40 heavy (non-hydrogen) atoms. The first-order valence-corrected chi connectivity index (χ1v) is 12.8. The van der Waals surface area contributed by atoms with Gasteiger partial charge >= 0.3 is 5.97 Å². The van der Waals surface area contributed by atoms with Gasteiger partial charge in [-0.1, -0.05) is 54.6 Å². The standard InChI is InChI=1S/C30H26ClN3O6/c1-3-20(31)13-12-18(2)27(36)33-25(16-19-17-26(35)32-24-11-7-6-8-21(19)24)30(39)40-15-14-34-28(37)22-9-4-5-10-23(22)29(34)38/h3-13,17,25H,2,14-16H2,1H3,(H,32,35)(H,33,36)/b13-12-,20-3+. The van der Waals surface area contributed by atoms with E-state index in [1.54, 1.807) is 61.5 Å². The SMILES string of the molecule is C=C(/C=C\C(Cl)=C/C)C(=O)NC(Cc1cc(=O)[nH]c2ccccc12)C(=O)OCCN1C(=O)c2ccccc2C1=O. The van der Waals surface area contributed by atoms with Gasteiger partial charge in [-0.15, -0.1) is 0 Å². The Bertz CT molecular complexity index is 1600. The van der Waals surface area contributed by atoms with Crippen LogP contribution in [0.25, 0.3) is 10.9 Å². The lowest BCUT2D eigenvalue weighted by molar-refractivity contribution is -0.147. The number of fused-ring (bicyclic) bond motifs is 2. The molecule has 1 aliphatic heterocycles. The van der Waals surface area contributed by atoms with Crippen LogP contribution in [0.2, 0.25) is 0 Å². The van der Waals surface area contributed by atoms with Crippen LogP contribution in [-0.4, -0.2) is 52.8 Å². The Morgan fingerprint density at radius 2 is 1.70 bits per heavy atom. The van der Waals surface area contributed by atoms with Crippen molar-refractivity contribution in [3.05, 3.63) is 117 Å². The highest BCUT2D eigenvalue weighted by Gasteiger charge is 2.35. The molecule has 0 aliphatic carbocycles. The summed E-state index contributed by atoms with van der Waals surface area (Å²) < 4.78 is 5.41. The van der Waals surface area contributed by atoms with E-state index in [9.17, 15) is 24.0 Å². The highest BCUT2D eigenvalue weighted by molar-refractivity contribution is 6.31. The number of allylic oxidation sites excluding steroid dienone is 3. The van der Waals surface area contributed by atoms with E-state index in [1.807, 2.05) is 0 Å². The summed E-state index contributed by atoms with van der Waals surface area (Å²) in [5.74, 6) is -2.40. The fraction of sp³-hybridized carbons (Fsp3) is 0.167. The first kappa shape index (κ1) is 28.3. The number of amides is 3. The summed E-state index contributed by atoms with van der Waals surface area (Å²) in [6.07, 6.45) is 4.47. The number of H-pyrrole nitrogens is 1. The molecule has 3 aromatic rings. The zero-order valence-corrected chi connectivity index (χ0v) is 22.4. The number of carbonyl (C=O) groups is 4. The van der Waals surface area contributed by atoms with Crippen molar-refractivity contribution < 1.29 is 23.9 Å². The Balaban J connectivity index is 1.51. The number of halogens is 1. The predicted molar refractivity (Wildman–Crippen MR) is 151 cm³/mol. The lowest BCUT2D eigenvalue weighted by atomic mass is 10.0. The van der Waals surface area contributed by atoms with Gasteiger partial charge in [0.1, 0.15) is 12.6 Å². The number of rotatable bonds is 10. The number of para-hydroxylation sites is 1. The predicted octanol–water partition coefficient (Wildman–Crippen LogP) is 3.65. The van der Waals surface area contributed by atoms with Gasteiger partial charge in [0, 0.05) is 34.0 Å². The van der Waals surface area contributed by atoms with Gasteiger partial charge < -0.3 is 15.0 Å². The molecular weight excluding hydrogens is 534 g/mol. The molecule has 1 unspecified atom stereocenters. The van der Waals surface area contributed by atoms with Crippen molar-refractivity contribution in [1.29, 1.82) is 0 Å². The number of hydrogen-bond acceptors (Lipinski definition) is 6. The third-order valence-electron chi connectivity index (χ3n) is 6.30. The number of aromatic amines is 1. The monoisotopic (exact) mass is 559 g/mol. The normalized spacial score (nSPS) is 13.9. The first-order valence-electron chi connectivity index (χ1n) is 12.4. The van der Waals surface area contributed by atoms with E-state index in [1.165, 1.54) is 18.2 Å². The van der Waals surface area contributed by atoms with Gasteiger partial charge in [0.2, 0.25) is 5.56 Å². The number of nitrogens with zero attached hydrogens (tertiary/aromatic N) is 1. The smallest absolute Gasteiger partial charge is 0.329 e. The van der Waals surface area contributed by atoms with E-state index >= 15 is 0 Å². The van der Waals surface area contributed by atoms with Crippen LogP contribution >= 0.6 is 11.6 Å². The minimum absolute atomic E-state index is 0.0413. The van der Waals surface area contributed by atoms with Crippen LogP contribution in [0.3, 0.4) is 0 Å². The number of nitrogens with one attached hydrogen (secondary N) is 2. The topological polar surface area (TPSA) is 126 Å². The van der Waals surface area contributed by atoms with Crippen LogP contribution in [0.15, 0.2) is 94.8 Å². The Labute approximate surface area is 234 Å². The fourth-order valence-electron chi connectivity index (χ4n) is 4.24. The second-order valence-electron chi connectivity index (χ2n) is 8.94. The minimum Gasteiger partial charge on any atom is -0.462 e. The van der Waals surface area contributed by atoms with Crippen LogP contribution in [0.4, 0.5) is 0 Å². The molecule has 2 N–H and O–H groups in total. The van der Waals surface area contributed by atoms with Gasteiger partial charge in [0.05, 0.1) is 17.7 Å². The summed E-state index contributed by atoms with van der Waals surface area (Å²) in [6.45, 7) is 5.00. The van der Waals surface area contributed by atoms with Crippen molar-refractivity contribution in [2.45, 2.75) is 19.4 Å². The Morgan fingerprint density at radius 3 is 2.38 bits per heavy atom. The summed E-state index contributed by atoms with van der Waals surface area (Å²) in [4.78, 5) is 67.3. The molecule has 2 aromatic carbocycles. The van der Waals surface area contributed by atoms with E-state index in [2.05, 4.69) is 16.9 Å². The number of hydrogen-bond donors (Lipinski definition) is 2. The molecule has 1 atom stereocenters. The van der Waals surface area contributed by atoms with E-state index in [0.717, 1.165) is 4.90 Å².